The summed E-state index contributed by atoms with van der Waals surface area (Å²) in [6, 6.07) is 2.81. The summed E-state index contributed by atoms with van der Waals surface area (Å²) < 4.78 is 13.2. The second-order valence-electron chi connectivity index (χ2n) is 3.27. The van der Waals surface area contributed by atoms with Crippen molar-refractivity contribution in [1.82, 2.24) is 0 Å². The lowest BCUT2D eigenvalue weighted by Crippen LogP contribution is -2.28. The number of rotatable bonds is 1. The third-order valence-corrected chi connectivity index (χ3v) is 3.93. The van der Waals surface area contributed by atoms with E-state index in [9.17, 15) is 9.18 Å². The van der Waals surface area contributed by atoms with E-state index in [1.165, 1.54) is 23.9 Å². The number of hydrogen-bond acceptors (Lipinski definition) is 2. The first kappa shape index (κ1) is 10.8. The fourth-order valence-corrected chi connectivity index (χ4v) is 2.62. The number of anilines is 1. The molecule has 0 spiro atoms. The van der Waals surface area contributed by atoms with E-state index in [0.717, 1.165) is 11.3 Å². The van der Waals surface area contributed by atoms with Gasteiger partial charge in [-0.3, -0.25) is 4.79 Å². The summed E-state index contributed by atoms with van der Waals surface area (Å²) in [5.41, 5.74) is 0.598. The van der Waals surface area contributed by atoms with Crippen LogP contribution < -0.4 is 5.32 Å². The number of halogens is 2. The largest absolute Gasteiger partial charge is 0.324 e. The first-order valence-corrected chi connectivity index (χ1v) is 5.84. The molecule has 2 rings (SSSR count). The SMILES string of the molecule is CCC1Sc2cc(F)c(Cl)cc2NC1=O. The van der Waals surface area contributed by atoms with Crippen molar-refractivity contribution in [1.29, 1.82) is 0 Å². The Kier molecular flexibility index (Phi) is 2.89. The normalized spacial score (nSPS) is 19.7. The van der Waals surface area contributed by atoms with Crippen LogP contribution in [0.25, 0.3) is 0 Å². The quantitative estimate of drug-likeness (QED) is 0.823. The Morgan fingerprint density at radius 3 is 3.00 bits per heavy atom. The third-order valence-electron chi connectivity index (χ3n) is 2.21. The van der Waals surface area contributed by atoms with E-state index >= 15 is 0 Å². The van der Waals surface area contributed by atoms with Crippen molar-refractivity contribution in [2.45, 2.75) is 23.5 Å². The Hall–Kier alpha value is -0.740. The van der Waals surface area contributed by atoms with Gasteiger partial charge in [0.05, 0.1) is 16.0 Å². The average molecular weight is 246 g/mol. The van der Waals surface area contributed by atoms with Crippen LogP contribution in [0.3, 0.4) is 0 Å². The van der Waals surface area contributed by atoms with E-state index in [2.05, 4.69) is 5.32 Å². The molecule has 1 aromatic rings. The second kappa shape index (κ2) is 4.02. The van der Waals surface area contributed by atoms with Gasteiger partial charge in [0.15, 0.2) is 0 Å². The van der Waals surface area contributed by atoms with Crippen LogP contribution in [0.15, 0.2) is 17.0 Å². The molecular weight excluding hydrogens is 237 g/mol. The molecule has 1 heterocycles. The smallest absolute Gasteiger partial charge is 0.237 e. The first-order chi connectivity index (χ1) is 7.11. The maximum absolute atomic E-state index is 13.2. The highest BCUT2D eigenvalue weighted by molar-refractivity contribution is 8.01. The van der Waals surface area contributed by atoms with Crippen LogP contribution in [0, 0.1) is 5.82 Å². The molecule has 0 saturated carbocycles. The molecule has 1 aliphatic heterocycles. The zero-order valence-corrected chi connectivity index (χ0v) is 9.58. The minimum Gasteiger partial charge on any atom is -0.324 e. The van der Waals surface area contributed by atoms with E-state index in [4.69, 9.17) is 11.6 Å². The van der Waals surface area contributed by atoms with E-state index in [1.807, 2.05) is 6.92 Å². The predicted molar refractivity (Wildman–Crippen MR) is 60.0 cm³/mol. The van der Waals surface area contributed by atoms with Crippen LogP contribution in [-0.2, 0) is 4.79 Å². The molecule has 1 amide bonds. The van der Waals surface area contributed by atoms with Crippen molar-refractivity contribution in [3.63, 3.8) is 0 Å². The molecule has 2 nitrogen and oxygen atoms in total. The lowest BCUT2D eigenvalue weighted by molar-refractivity contribution is -0.115. The number of carbonyl (C=O) groups excluding carboxylic acids is 1. The summed E-state index contributed by atoms with van der Waals surface area (Å²) in [6.45, 7) is 1.93. The van der Waals surface area contributed by atoms with E-state index in [0.29, 0.717) is 5.69 Å². The van der Waals surface area contributed by atoms with Gasteiger partial charge in [-0.25, -0.2) is 4.39 Å². The number of thioether (sulfide) groups is 1. The molecule has 0 fully saturated rings. The topological polar surface area (TPSA) is 29.1 Å². The molecule has 1 aromatic carbocycles. The van der Waals surface area contributed by atoms with Crippen LogP contribution in [0.5, 0.6) is 0 Å². The summed E-state index contributed by atoms with van der Waals surface area (Å²) in [5, 5.41) is 2.61. The van der Waals surface area contributed by atoms with Gasteiger partial charge < -0.3 is 5.32 Å². The standard InChI is InChI=1S/C10H9ClFNOS/c1-2-8-10(14)13-7-3-5(11)6(12)4-9(7)15-8/h3-4,8H,2H2,1H3,(H,13,14). The highest BCUT2D eigenvalue weighted by atomic mass is 35.5. The molecule has 0 saturated heterocycles. The number of carbonyl (C=O) groups is 1. The second-order valence-corrected chi connectivity index (χ2v) is 4.92. The lowest BCUT2D eigenvalue weighted by Gasteiger charge is -2.23. The molecule has 0 aromatic heterocycles. The van der Waals surface area contributed by atoms with E-state index in [1.54, 1.807) is 0 Å². The zero-order valence-electron chi connectivity index (χ0n) is 8.01. The van der Waals surface area contributed by atoms with Gasteiger partial charge in [-0.1, -0.05) is 18.5 Å². The first-order valence-electron chi connectivity index (χ1n) is 4.58. The number of benzene rings is 1. The Bertz CT molecular complexity index is 424. The summed E-state index contributed by atoms with van der Waals surface area (Å²) in [4.78, 5) is 12.3. The Morgan fingerprint density at radius 2 is 2.33 bits per heavy atom. The minimum absolute atomic E-state index is 0.0320. The molecule has 1 aliphatic rings. The van der Waals surface area contributed by atoms with Crippen LogP contribution in [-0.4, -0.2) is 11.2 Å². The molecule has 15 heavy (non-hydrogen) atoms. The molecule has 5 heteroatoms. The molecule has 0 radical (unpaired) electrons. The van der Waals surface area contributed by atoms with Gasteiger partial charge >= 0.3 is 0 Å². The van der Waals surface area contributed by atoms with Crippen LogP contribution >= 0.6 is 23.4 Å². The van der Waals surface area contributed by atoms with Gasteiger partial charge in [0.25, 0.3) is 0 Å². The van der Waals surface area contributed by atoms with Crippen LogP contribution in [0.2, 0.25) is 5.02 Å². The Balaban J connectivity index is 2.41. The van der Waals surface area contributed by atoms with Crippen LogP contribution in [0.4, 0.5) is 10.1 Å². The number of amides is 1. The number of fused-ring (bicyclic) bond motifs is 1. The molecule has 80 valence electrons. The van der Waals surface area contributed by atoms with E-state index < -0.39 is 5.82 Å². The van der Waals surface area contributed by atoms with Gasteiger partial charge in [0.2, 0.25) is 5.91 Å². The minimum atomic E-state index is -0.450. The zero-order chi connectivity index (χ0) is 11.0. The van der Waals surface area contributed by atoms with Gasteiger partial charge in [-0.2, -0.15) is 0 Å². The number of nitrogens with one attached hydrogen (secondary N) is 1. The molecule has 0 bridgehead atoms. The Morgan fingerprint density at radius 1 is 1.60 bits per heavy atom. The lowest BCUT2D eigenvalue weighted by atomic mass is 10.2. The van der Waals surface area contributed by atoms with Crippen molar-refractivity contribution in [3.05, 3.63) is 23.0 Å². The highest BCUT2D eigenvalue weighted by Gasteiger charge is 2.26. The maximum atomic E-state index is 13.2. The van der Waals surface area contributed by atoms with Gasteiger partial charge in [0, 0.05) is 4.90 Å². The van der Waals surface area contributed by atoms with Gasteiger partial charge in [-0.15, -0.1) is 11.8 Å². The molecule has 1 N–H and O–H groups in total. The van der Waals surface area contributed by atoms with Crippen LogP contribution in [0.1, 0.15) is 13.3 Å². The molecular formula is C10H9ClFNOS. The van der Waals surface area contributed by atoms with Gasteiger partial charge in [-0.05, 0) is 18.6 Å². The fourth-order valence-electron chi connectivity index (χ4n) is 1.41. The summed E-state index contributed by atoms with van der Waals surface area (Å²) in [6.07, 6.45) is 0.722. The van der Waals surface area contributed by atoms with Gasteiger partial charge in [0.1, 0.15) is 5.82 Å². The van der Waals surface area contributed by atoms with E-state index in [-0.39, 0.29) is 16.2 Å². The molecule has 0 aliphatic carbocycles. The van der Waals surface area contributed by atoms with Crippen molar-refractivity contribution >= 4 is 35.0 Å². The van der Waals surface area contributed by atoms with Crippen molar-refractivity contribution in [3.8, 4) is 0 Å². The maximum Gasteiger partial charge on any atom is 0.237 e. The number of hydrogen-bond donors (Lipinski definition) is 1. The third kappa shape index (κ3) is 1.96. The summed E-state index contributed by atoms with van der Waals surface area (Å²) in [7, 11) is 0. The van der Waals surface area contributed by atoms with Crippen molar-refractivity contribution in [2.75, 3.05) is 5.32 Å². The van der Waals surface area contributed by atoms with Crippen molar-refractivity contribution < 1.29 is 9.18 Å². The average Bonchev–Trinajstić information content (AvgIpc) is 2.20. The Labute approximate surface area is 96.2 Å². The fraction of sp³-hybridized carbons (Fsp3) is 0.300. The summed E-state index contributed by atoms with van der Waals surface area (Å²) >= 11 is 7.01. The molecule has 1 atom stereocenters. The monoisotopic (exact) mass is 245 g/mol. The summed E-state index contributed by atoms with van der Waals surface area (Å²) in [5.74, 6) is -0.494. The predicted octanol–water partition coefficient (Wildman–Crippen LogP) is 3.30. The van der Waals surface area contributed by atoms with Crippen molar-refractivity contribution in [2.24, 2.45) is 0 Å². The molecule has 1 unspecified atom stereocenters. The highest BCUT2D eigenvalue weighted by Crippen LogP contribution is 2.39.